The third-order valence-electron chi connectivity index (χ3n) is 5.00. The van der Waals surface area contributed by atoms with Crippen LogP contribution in [-0.4, -0.2) is 37.3 Å². The van der Waals surface area contributed by atoms with Crippen LogP contribution in [0.2, 0.25) is 0 Å². The molecule has 0 unspecified atom stereocenters. The molecule has 1 fully saturated rings. The molecule has 0 atom stereocenters. The highest BCUT2D eigenvalue weighted by atomic mass is 16.5. The molecule has 1 heterocycles. The van der Waals surface area contributed by atoms with Crippen molar-refractivity contribution in [1.29, 1.82) is 0 Å². The molecule has 6 nitrogen and oxygen atoms in total. The van der Waals surface area contributed by atoms with Crippen molar-refractivity contribution in [1.82, 2.24) is 9.97 Å². The van der Waals surface area contributed by atoms with Crippen LogP contribution in [0, 0.1) is 5.92 Å². The van der Waals surface area contributed by atoms with Gasteiger partial charge in [0.05, 0.1) is 26.9 Å². The Labute approximate surface area is 154 Å². The molecular formula is C20H27N3O3. The highest BCUT2D eigenvalue weighted by molar-refractivity contribution is 5.77. The molecule has 0 radical (unpaired) electrons. The zero-order valence-electron chi connectivity index (χ0n) is 15.9. The monoisotopic (exact) mass is 357 g/mol. The highest BCUT2D eigenvalue weighted by Gasteiger charge is 2.19. The minimum atomic E-state index is 0.460. The second-order valence-electron chi connectivity index (χ2n) is 6.80. The van der Waals surface area contributed by atoms with Crippen LogP contribution in [0.25, 0.3) is 11.1 Å². The average Bonchev–Trinajstić information content (AvgIpc) is 2.69. The molecule has 1 aromatic heterocycles. The van der Waals surface area contributed by atoms with Gasteiger partial charge >= 0.3 is 0 Å². The summed E-state index contributed by atoms with van der Waals surface area (Å²) in [6.07, 6.45) is 8.46. The van der Waals surface area contributed by atoms with Crippen molar-refractivity contribution in [3.05, 3.63) is 24.5 Å². The topological polar surface area (TPSA) is 65.5 Å². The van der Waals surface area contributed by atoms with Crippen LogP contribution in [0.5, 0.6) is 17.2 Å². The van der Waals surface area contributed by atoms with Crippen LogP contribution >= 0.6 is 0 Å². The number of ether oxygens (including phenoxy) is 3. The lowest BCUT2D eigenvalue weighted by atomic mass is 9.87. The van der Waals surface area contributed by atoms with Crippen molar-refractivity contribution in [2.75, 3.05) is 26.6 Å². The summed E-state index contributed by atoms with van der Waals surface area (Å²) in [6, 6.07) is 4.11. The van der Waals surface area contributed by atoms with E-state index in [0.717, 1.165) is 17.0 Å². The molecule has 1 saturated carbocycles. The summed E-state index contributed by atoms with van der Waals surface area (Å²) >= 11 is 0. The molecule has 3 rings (SSSR count). The maximum atomic E-state index is 5.52. The van der Waals surface area contributed by atoms with Gasteiger partial charge in [-0.1, -0.05) is 6.92 Å². The molecule has 0 amide bonds. The van der Waals surface area contributed by atoms with Crippen molar-refractivity contribution in [2.45, 2.75) is 38.6 Å². The Morgan fingerprint density at radius 1 is 0.885 bits per heavy atom. The zero-order valence-corrected chi connectivity index (χ0v) is 15.9. The van der Waals surface area contributed by atoms with Gasteiger partial charge in [-0.2, -0.15) is 0 Å². The maximum Gasteiger partial charge on any atom is 0.222 e. The highest BCUT2D eigenvalue weighted by Crippen LogP contribution is 2.41. The Morgan fingerprint density at radius 2 is 1.46 bits per heavy atom. The number of methoxy groups -OCH3 is 3. The Morgan fingerprint density at radius 3 is 1.96 bits per heavy atom. The van der Waals surface area contributed by atoms with Gasteiger partial charge in [-0.3, -0.25) is 0 Å². The van der Waals surface area contributed by atoms with E-state index in [0.29, 0.717) is 29.2 Å². The predicted molar refractivity (Wildman–Crippen MR) is 102 cm³/mol. The van der Waals surface area contributed by atoms with E-state index in [2.05, 4.69) is 22.2 Å². The van der Waals surface area contributed by atoms with E-state index in [1.807, 2.05) is 12.1 Å². The SMILES string of the molecule is COc1cc(OC)c(-c2cnc(NC3CCC(C)CC3)nc2)c(OC)c1. The largest absolute Gasteiger partial charge is 0.496 e. The minimum absolute atomic E-state index is 0.460. The molecule has 0 bridgehead atoms. The third kappa shape index (κ3) is 4.00. The molecule has 0 aliphatic heterocycles. The van der Waals surface area contributed by atoms with Gasteiger partial charge in [0.1, 0.15) is 17.2 Å². The fourth-order valence-electron chi connectivity index (χ4n) is 3.41. The minimum Gasteiger partial charge on any atom is -0.496 e. The van der Waals surface area contributed by atoms with Crippen LogP contribution in [0.1, 0.15) is 32.6 Å². The summed E-state index contributed by atoms with van der Waals surface area (Å²) in [5.74, 6) is 3.48. The Hall–Kier alpha value is -2.50. The van der Waals surface area contributed by atoms with E-state index in [4.69, 9.17) is 14.2 Å². The van der Waals surface area contributed by atoms with Crippen molar-refractivity contribution in [2.24, 2.45) is 5.92 Å². The van der Waals surface area contributed by atoms with Gasteiger partial charge in [0.15, 0.2) is 0 Å². The summed E-state index contributed by atoms with van der Waals surface area (Å²) in [4.78, 5) is 8.99. The van der Waals surface area contributed by atoms with Crippen LogP contribution in [0.4, 0.5) is 5.95 Å². The van der Waals surface area contributed by atoms with Gasteiger partial charge < -0.3 is 19.5 Å². The van der Waals surface area contributed by atoms with Crippen LogP contribution in [0.15, 0.2) is 24.5 Å². The molecule has 1 aliphatic rings. The molecule has 1 N–H and O–H groups in total. The first-order chi connectivity index (χ1) is 12.6. The zero-order chi connectivity index (χ0) is 18.5. The molecule has 2 aromatic rings. The van der Waals surface area contributed by atoms with Gasteiger partial charge in [0.25, 0.3) is 0 Å². The summed E-state index contributed by atoms with van der Waals surface area (Å²) in [5.41, 5.74) is 1.65. The smallest absolute Gasteiger partial charge is 0.222 e. The van der Waals surface area contributed by atoms with Crippen molar-refractivity contribution in [3.63, 3.8) is 0 Å². The first kappa shape index (κ1) is 18.3. The number of rotatable bonds is 6. The first-order valence-electron chi connectivity index (χ1n) is 9.03. The van der Waals surface area contributed by atoms with Gasteiger partial charge in [-0.15, -0.1) is 0 Å². The van der Waals surface area contributed by atoms with Crippen molar-refractivity contribution in [3.8, 4) is 28.4 Å². The van der Waals surface area contributed by atoms with Crippen LogP contribution in [0.3, 0.4) is 0 Å². The molecular weight excluding hydrogens is 330 g/mol. The van der Waals surface area contributed by atoms with Crippen molar-refractivity contribution < 1.29 is 14.2 Å². The lowest BCUT2D eigenvalue weighted by Crippen LogP contribution is -2.26. The molecule has 26 heavy (non-hydrogen) atoms. The number of hydrogen-bond donors (Lipinski definition) is 1. The number of nitrogens with one attached hydrogen (secondary N) is 1. The summed E-state index contributed by atoms with van der Waals surface area (Å²) in [5, 5.41) is 3.45. The van der Waals surface area contributed by atoms with E-state index in [1.54, 1.807) is 33.7 Å². The number of anilines is 1. The van der Waals surface area contributed by atoms with E-state index in [9.17, 15) is 0 Å². The lowest BCUT2D eigenvalue weighted by molar-refractivity contribution is 0.360. The van der Waals surface area contributed by atoms with Crippen LogP contribution < -0.4 is 19.5 Å². The molecule has 1 aromatic carbocycles. The lowest BCUT2D eigenvalue weighted by Gasteiger charge is -2.26. The maximum absolute atomic E-state index is 5.52. The second-order valence-corrected chi connectivity index (χ2v) is 6.80. The average molecular weight is 357 g/mol. The number of hydrogen-bond acceptors (Lipinski definition) is 6. The molecule has 1 aliphatic carbocycles. The van der Waals surface area contributed by atoms with Crippen LogP contribution in [-0.2, 0) is 0 Å². The quantitative estimate of drug-likeness (QED) is 0.837. The second kappa shape index (κ2) is 8.25. The molecule has 140 valence electrons. The molecule has 6 heteroatoms. The summed E-state index contributed by atoms with van der Waals surface area (Å²) in [7, 11) is 4.86. The normalized spacial score (nSPS) is 19.7. The van der Waals surface area contributed by atoms with E-state index >= 15 is 0 Å². The fraction of sp³-hybridized carbons (Fsp3) is 0.500. The Balaban J connectivity index is 1.82. The van der Waals surface area contributed by atoms with E-state index < -0.39 is 0 Å². The van der Waals surface area contributed by atoms with E-state index in [1.165, 1.54) is 25.7 Å². The van der Waals surface area contributed by atoms with Gasteiger partial charge in [0, 0.05) is 36.1 Å². The first-order valence-corrected chi connectivity index (χ1v) is 9.03. The Bertz CT molecular complexity index is 701. The molecule has 0 spiro atoms. The van der Waals surface area contributed by atoms with Gasteiger partial charge in [-0.25, -0.2) is 9.97 Å². The van der Waals surface area contributed by atoms with Crippen molar-refractivity contribution >= 4 is 5.95 Å². The summed E-state index contributed by atoms with van der Waals surface area (Å²) in [6.45, 7) is 2.32. The summed E-state index contributed by atoms with van der Waals surface area (Å²) < 4.78 is 16.3. The number of benzene rings is 1. The number of nitrogens with zero attached hydrogens (tertiary/aromatic N) is 2. The predicted octanol–water partition coefficient (Wildman–Crippen LogP) is 4.16. The van der Waals surface area contributed by atoms with Gasteiger partial charge in [0.2, 0.25) is 5.95 Å². The standard InChI is InChI=1S/C20H27N3O3/c1-13-5-7-15(8-6-13)23-20-21-11-14(12-22-20)19-17(25-3)9-16(24-2)10-18(19)26-4/h9-13,15H,5-8H2,1-4H3,(H,21,22,23). The molecule has 0 saturated heterocycles. The van der Waals surface area contributed by atoms with Gasteiger partial charge in [-0.05, 0) is 31.6 Å². The third-order valence-corrected chi connectivity index (χ3v) is 5.00. The fourth-order valence-corrected chi connectivity index (χ4v) is 3.41. The Kier molecular flexibility index (Phi) is 5.81. The number of aromatic nitrogens is 2. The van der Waals surface area contributed by atoms with E-state index in [-0.39, 0.29) is 0 Å².